The lowest BCUT2D eigenvalue weighted by Crippen LogP contribution is -2.63. The summed E-state index contributed by atoms with van der Waals surface area (Å²) in [4.78, 5) is 11.9. The molecule has 0 amide bonds. The van der Waals surface area contributed by atoms with E-state index in [0.717, 1.165) is 44.1 Å². The zero-order chi connectivity index (χ0) is 43.1. The third-order valence-electron chi connectivity index (χ3n) is 16.3. The van der Waals surface area contributed by atoms with E-state index < -0.39 is 118 Å². The fourth-order valence-corrected chi connectivity index (χ4v) is 12.6. The average molecular weight is 861 g/mol. The van der Waals surface area contributed by atoms with E-state index >= 15 is 0 Å². The van der Waals surface area contributed by atoms with E-state index in [2.05, 4.69) is 13.8 Å². The summed E-state index contributed by atoms with van der Waals surface area (Å²) in [5.41, 5.74) is -0.244. The van der Waals surface area contributed by atoms with Crippen molar-refractivity contribution in [3.63, 3.8) is 0 Å². The van der Waals surface area contributed by atoms with Crippen LogP contribution in [0.5, 0.6) is 0 Å². The monoisotopic (exact) mass is 860 g/mol. The molecule has 19 nitrogen and oxygen atoms in total. The van der Waals surface area contributed by atoms with Crippen molar-refractivity contribution in [3.05, 3.63) is 11.6 Å². The molecule has 0 aromatic rings. The molecule has 4 aliphatic heterocycles. The second-order valence-electron chi connectivity index (χ2n) is 19.2. The van der Waals surface area contributed by atoms with Gasteiger partial charge in [0.1, 0.15) is 79.9 Å². The molecule has 0 spiro atoms. The molecule has 3 saturated heterocycles. The minimum Gasteiger partial charge on any atom is -0.458 e. The van der Waals surface area contributed by atoms with Crippen molar-refractivity contribution in [1.82, 2.24) is 0 Å². The average Bonchev–Trinajstić information content (AvgIpc) is 3.78. The predicted octanol–water partition coefficient (Wildman–Crippen LogP) is -2.92. The van der Waals surface area contributed by atoms with Crippen molar-refractivity contribution in [2.24, 2.45) is 34.5 Å². The number of hydrogen-bond acceptors (Lipinski definition) is 19. The van der Waals surface area contributed by atoms with E-state index in [1.54, 1.807) is 6.08 Å². The minimum absolute atomic E-state index is 0.0571. The van der Waals surface area contributed by atoms with Gasteiger partial charge in [-0.05, 0) is 92.4 Å². The van der Waals surface area contributed by atoms with Gasteiger partial charge in [-0.3, -0.25) is 0 Å². The largest absolute Gasteiger partial charge is 0.458 e. The summed E-state index contributed by atoms with van der Waals surface area (Å²) in [6.45, 7) is 3.04. The number of cyclic esters (lactones) is 1. The number of fused-ring (bicyclic) bond motifs is 5. The number of aliphatic hydroxyl groups is 11. The number of aliphatic hydroxyl groups excluding tert-OH is 10. The zero-order valence-electron chi connectivity index (χ0n) is 34.0. The molecular formula is C41H64O19. The Morgan fingerprint density at radius 2 is 1.22 bits per heavy atom. The maximum absolute atomic E-state index is 12.6. The van der Waals surface area contributed by atoms with Crippen LogP contribution in [-0.2, 0) is 38.0 Å². The van der Waals surface area contributed by atoms with E-state index in [1.807, 2.05) is 0 Å². The van der Waals surface area contributed by atoms with E-state index in [4.69, 9.17) is 33.2 Å². The molecule has 0 aromatic heterocycles. The van der Waals surface area contributed by atoms with Crippen molar-refractivity contribution in [2.75, 3.05) is 26.4 Å². The standard InChI is InChI=1S/C41H64O19/c1-39-8-5-19(12-18(39)3-4-22-21(39)6-9-40(2)20(7-10-41(22,40)53)17-11-26(43)54-14-17)57-38-35(52)32(49)29(46)25(60-38)16-56-37-34(51)31(48)28(45)24(59-37)15-55-36-33(50)30(47)27(44)23(13-42)58-36/h11,18-25,27-38,42,44-53H,3-10,12-16H2,1-2H3. The summed E-state index contributed by atoms with van der Waals surface area (Å²) in [6, 6.07) is 0. The van der Waals surface area contributed by atoms with Crippen molar-refractivity contribution >= 4 is 5.97 Å². The highest BCUT2D eigenvalue weighted by atomic mass is 16.7. The van der Waals surface area contributed by atoms with Crippen LogP contribution < -0.4 is 0 Å². The van der Waals surface area contributed by atoms with Gasteiger partial charge in [0, 0.05) is 11.5 Å². The molecular weight excluding hydrogens is 796 g/mol. The van der Waals surface area contributed by atoms with Gasteiger partial charge < -0.3 is 89.3 Å². The number of hydrogen-bond donors (Lipinski definition) is 11. The van der Waals surface area contributed by atoms with E-state index in [1.165, 1.54) is 0 Å². The van der Waals surface area contributed by atoms with Crippen LogP contribution >= 0.6 is 0 Å². The summed E-state index contributed by atoms with van der Waals surface area (Å²) in [6.07, 6.45) is -15.3. The van der Waals surface area contributed by atoms with Gasteiger partial charge >= 0.3 is 5.97 Å². The molecule has 60 heavy (non-hydrogen) atoms. The Hall–Kier alpha value is -1.47. The van der Waals surface area contributed by atoms with Gasteiger partial charge in [0.05, 0.1) is 31.5 Å². The SMILES string of the molecule is CC12CCC(OC3OC(COC4OC(COC5OC(CO)C(O)C(O)C5O)C(O)C(O)C4O)C(O)C(O)C3O)CC1CCC1C2CCC2(C)C(C3=CC(=O)OC3)CCC12O. The molecule has 4 aliphatic carbocycles. The first-order valence-corrected chi connectivity index (χ1v) is 21.6. The maximum Gasteiger partial charge on any atom is 0.331 e. The van der Waals surface area contributed by atoms with Crippen LogP contribution in [0.3, 0.4) is 0 Å². The summed E-state index contributed by atoms with van der Waals surface area (Å²) < 4.78 is 39.8. The summed E-state index contributed by atoms with van der Waals surface area (Å²) in [5.74, 6) is 0.499. The molecule has 23 atom stereocenters. The second-order valence-corrected chi connectivity index (χ2v) is 19.2. The molecule has 8 rings (SSSR count). The normalized spacial score (nSPS) is 54.4. The Labute approximate surface area is 347 Å². The first-order valence-electron chi connectivity index (χ1n) is 21.6. The highest BCUT2D eigenvalue weighted by Crippen LogP contribution is 2.70. The first kappa shape index (κ1) is 45.1. The number of rotatable bonds is 10. The number of carbonyl (C=O) groups excluding carboxylic acids is 1. The third-order valence-corrected chi connectivity index (χ3v) is 16.3. The molecule has 0 radical (unpaired) electrons. The van der Waals surface area contributed by atoms with Crippen LogP contribution in [-0.4, -0.2) is 192 Å². The molecule has 4 heterocycles. The molecule has 342 valence electrons. The molecule has 11 N–H and O–H groups in total. The Morgan fingerprint density at radius 1 is 0.650 bits per heavy atom. The Kier molecular flexibility index (Phi) is 12.9. The van der Waals surface area contributed by atoms with Gasteiger partial charge in [0.15, 0.2) is 18.9 Å². The topological polar surface area (TPSA) is 304 Å². The summed E-state index contributed by atoms with van der Waals surface area (Å²) in [7, 11) is 0. The quantitative estimate of drug-likeness (QED) is 0.0775. The van der Waals surface area contributed by atoms with Gasteiger partial charge in [0.2, 0.25) is 0 Å². The minimum atomic E-state index is -1.81. The van der Waals surface area contributed by atoms with Crippen LogP contribution in [0.1, 0.15) is 71.6 Å². The molecule has 0 bridgehead atoms. The number of carbonyl (C=O) groups is 1. The smallest absolute Gasteiger partial charge is 0.331 e. The van der Waals surface area contributed by atoms with Crippen molar-refractivity contribution < 1.29 is 94.1 Å². The van der Waals surface area contributed by atoms with E-state index in [9.17, 15) is 61.0 Å². The van der Waals surface area contributed by atoms with Crippen LogP contribution in [0.4, 0.5) is 0 Å². The third kappa shape index (κ3) is 7.59. The van der Waals surface area contributed by atoms with Gasteiger partial charge in [-0.25, -0.2) is 4.79 Å². The van der Waals surface area contributed by atoms with Crippen LogP contribution in [0, 0.1) is 34.5 Å². The number of ether oxygens (including phenoxy) is 7. The van der Waals surface area contributed by atoms with Gasteiger partial charge in [-0.1, -0.05) is 13.8 Å². The van der Waals surface area contributed by atoms with Crippen LogP contribution in [0.15, 0.2) is 11.6 Å². The van der Waals surface area contributed by atoms with Gasteiger partial charge in [-0.2, -0.15) is 0 Å². The molecule has 7 fully saturated rings. The zero-order valence-corrected chi connectivity index (χ0v) is 34.0. The maximum atomic E-state index is 12.6. The summed E-state index contributed by atoms with van der Waals surface area (Å²) >= 11 is 0. The first-order chi connectivity index (χ1) is 28.4. The Morgan fingerprint density at radius 3 is 1.80 bits per heavy atom. The lowest BCUT2D eigenvalue weighted by molar-refractivity contribution is -0.346. The second kappa shape index (κ2) is 17.2. The fourth-order valence-electron chi connectivity index (χ4n) is 12.6. The predicted molar refractivity (Wildman–Crippen MR) is 200 cm³/mol. The lowest BCUT2D eigenvalue weighted by Gasteiger charge is -2.64. The Bertz CT molecular complexity index is 1570. The molecule has 8 aliphatic rings. The molecule has 23 unspecified atom stereocenters. The fraction of sp³-hybridized carbons (Fsp3) is 0.927. The number of esters is 1. The van der Waals surface area contributed by atoms with Gasteiger partial charge in [-0.15, -0.1) is 0 Å². The lowest BCUT2D eigenvalue weighted by atomic mass is 9.43. The molecule has 19 heteroatoms. The van der Waals surface area contributed by atoms with Gasteiger partial charge in [0.25, 0.3) is 0 Å². The van der Waals surface area contributed by atoms with E-state index in [-0.39, 0.29) is 40.7 Å². The van der Waals surface area contributed by atoms with Crippen molar-refractivity contribution in [2.45, 2.75) is 175 Å². The molecule has 0 aromatic carbocycles. The van der Waals surface area contributed by atoms with Crippen LogP contribution in [0.2, 0.25) is 0 Å². The molecule has 4 saturated carbocycles. The van der Waals surface area contributed by atoms with Crippen molar-refractivity contribution in [1.29, 1.82) is 0 Å². The van der Waals surface area contributed by atoms with E-state index in [0.29, 0.717) is 31.8 Å². The highest BCUT2D eigenvalue weighted by molar-refractivity contribution is 5.85. The Balaban J connectivity index is 0.864. The summed E-state index contributed by atoms with van der Waals surface area (Å²) in [5, 5.41) is 117. The van der Waals surface area contributed by atoms with Crippen LogP contribution in [0.25, 0.3) is 0 Å². The highest BCUT2D eigenvalue weighted by Gasteiger charge is 2.68. The van der Waals surface area contributed by atoms with Crippen molar-refractivity contribution in [3.8, 4) is 0 Å².